The van der Waals surface area contributed by atoms with E-state index in [2.05, 4.69) is 22.1 Å². The highest BCUT2D eigenvalue weighted by Gasteiger charge is 2.34. The molecule has 0 radical (unpaired) electrons. The molecule has 1 aliphatic rings. The van der Waals surface area contributed by atoms with Gasteiger partial charge in [-0.15, -0.1) is 0 Å². The number of likely N-dealkylation sites (N-methyl/N-ethyl adjacent to an activating group) is 1. The van der Waals surface area contributed by atoms with Crippen LogP contribution in [-0.4, -0.2) is 77.3 Å². The Morgan fingerprint density at radius 1 is 1.36 bits per heavy atom. The van der Waals surface area contributed by atoms with E-state index in [9.17, 15) is 14.7 Å². The van der Waals surface area contributed by atoms with Crippen molar-refractivity contribution >= 4 is 11.9 Å². The predicted molar refractivity (Wildman–Crippen MR) is 139 cm³/mol. The number of nitrogens with one attached hydrogen (secondary N) is 1. The summed E-state index contributed by atoms with van der Waals surface area (Å²) < 4.78 is 6.24. The van der Waals surface area contributed by atoms with Crippen LogP contribution in [0, 0.1) is 17.8 Å². The van der Waals surface area contributed by atoms with Gasteiger partial charge in [0.25, 0.3) is 5.91 Å². The topological polar surface area (TPSA) is 95.0 Å². The monoisotopic (exact) mass is 492 g/mol. The molecule has 0 saturated heterocycles. The lowest BCUT2D eigenvalue weighted by Gasteiger charge is -2.37. The highest BCUT2D eigenvalue weighted by atomic mass is 16.5. The summed E-state index contributed by atoms with van der Waals surface area (Å²) in [7, 11) is 1.72. The van der Waals surface area contributed by atoms with Crippen molar-refractivity contribution in [3.8, 4) is 17.7 Å². The number of urea groups is 1. The summed E-state index contributed by atoms with van der Waals surface area (Å²) in [5, 5.41) is 12.7. The van der Waals surface area contributed by atoms with Crippen LogP contribution >= 0.6 is 0 Å². The lowest BCUT2D eigenvalue weighted by atomic mass is 10.00. The molecule has 2 heterocycles. The number of aromatic nitrogens is 1. The Hall–Kier alpha value is -3.57. The van der Waals surface area contributed by atoms with Gasteiger partial charge in [-0.2, -0.15) is 0 Å². The molecule has 1 aromatic carbocycles. The van der Waals surface area contributed by atoms with E-state index < -0.39 is 6.10 Å². The fraction of sp³-hybridized carbons (Fsp3) is 0.464. The van der Waals surface area contributed by atoms with E-state index >= 15 is 0 Å². The minimum Gasteiger partial charge on any atom is -0.472 e. The lowest BCUT2D eigenvalue weighted by molar-refractivity contribution is 0.0352. The van der Waals surface area contributed by atoms with Gasteiger partial charge >= 0.3 is 6.03 Å². The predicted octanol–water partition coefficient (Wildman–Crippen LogP) is 2.95. The Labute approximate surface area is 213 Å². The molecule has 8 nitrogen and oxygen atoms in total. The Kier molecular flexibility index (Phi) is 9.71. The number of benzene rings is 1. The van der Waals surface area contributed by atoms with E-state index in [-0.39, 0.29) is 36.4 Å². The molecular weight excluding hydrogens is 456 g/mol. The molecule has 2 N–H and O–H groups in total. The largest absolute Gasteiger partial charge is 0.472 e. The summed E-state index contributed by atoms with van der Waals surface area (Å²) >= 11 is 0. The van der Waals surface area contributed by atoms with Gasteiger partial charge in [0.05, 0.1) is 19.2 Å². The quantitative estimate of drug-likeness (QED) is 0.580. The standard InChI is InChI=1S/C28H36N4O4/c1-5-14-29-28(35)31(4)18-25-20(2)17-32(21(3)19-33)27(34)24-15-23(16-30-26(24)36-25)13-9-12-22-10-7-6-8-11-22/h6-8,10-11,15-16,20-21,25,33H,5,12,14,17-19H2,1-4H3,(H,29,35)/t20-,21-,25+/m1/s1. The molecule has 3 amide bonds. The molecule has 0 fully saturated rings. The van der Waals surface area contributed by atoms with Crippen LogP contribution in [-0.2, 0) is 6.42 Å². The van der Waals surface area contributed by atoms with Crippen molar-refractivity contribution in [1.82, 2.24) is 20.1 Å². The number of pyridine rings is 1. The molecule has 0 spiro atoms. The van der Waals surface area contributed by atoms with Crippen LogP contribution in [0.5, 0.6) is 5.88 Å². The maximum absolute atomic E-state index is 13.5. The third kappa shape index (κ3) is 6.98. The van der Waals surface area contributed by atoms with Crippen molar-refractivity contribution < 1.29 is 19.4 Å². The summed E-state index contributed by atoms with van der Waals surface area (Å²) in [6.07, 6.45) is 2.64. The highest BCUT2D eigenvalue weighted by molar-refractivity contribution is 5.97. The zero-order valence-corrected chi connectivity index (χ0v) is 21.5. The van der Waals surface area contributed by atoms with Crippen molar-refractivity contribution in [1.29, 1.82) is 0 Å². The minimum atomic E-state index is -0.398. The van der Waals surface area contributed by atoms with Crippen molar-refractivity contribution in [3.05, 3.63) is 59.3 Å². The minimum absolute atomic E-state index is 0.107. The zero-order valence-electron chi connectivity index (χ0n) is 21.5. The second-order valence-corrected chi connectivity index (χ2v) is 9.28. The third-order valence-corrected chi connectivity index (χ3v) is 6.22. The Balaban J connectivity index is 1.89. The van der Waals surface area contributed by atoms with Crippen molar-refractivity contribution in [2.24, 2.45) is 5.92 Å². The summed E-state index contributed by atoms with van der Waals surface area (Å²) in [5.41, 5.74) is 2.02. The van der Waals surface area contributed by atoms with Crippen molar-refractivity contribution in [2.45, 2.75) is 45.8 Å². The Morgan fingerprint density at radius 3 is 2.81 bits per heavy atom. The van der Waals surface area contributed by atoms with Crippen LogP contribution in [0.25, 0.3) is 0 Å². The fourth-order valence-corrected chi connectivity index (χ4v) is 3.95. The molecule has 2 aromatic rings. The molecule has 0 bridgehead atoms. The third-order valence-electron chi connectivity index (χ3n) is 6.22. The number of ether oxygens (including phenoxy) is 1. The zero-order chi connectivity index (χ0) is 26.1. The average Bonchev–Trinajstić information content (AvgIpc) is 2.89. The number of carbonyl (C=O) groups excluding carboxylic acids is 2. The molecule has 8 heteroatoms. The second-order valence-electron chi connectivity index (χ2n) is 9.28. The van der Waals surface area contributed by atoms with Crippen molar-refractivity contribution in [3.63, 3.8) is 0 Å². The molecule has 192 valence electrons. The average molecular weight is 493 g/mol. The van der Waals surface area contributed by atoms with E-state index in [1.165, 1.54) is 0 Å². The number of amides is 3. The Morgan fingerprint density at radius 2 is 2.11 bits per heavy atom. The van der Waals surface area contributed by atoms with Gasteiger partial charge in [-0.1, -0.05) is 56.0 Å². The molecule has 1 aromatic heterocycles. The Bertz CT molecular complexity index is 1100. The first kappa shape index (κ1) is 27.0. The van der Waals surface area contributed by atoms with E-state index in [0.29, 0.717) is 37.2 Å². The van der Waals surface area contributed by atoms with E-state index in [0.717, 1.165) is 12.0 Å². The summed E-state index contributed by atoms with van der Waals surface area (Å²) in [6, 6.07) is 11.1. The normalized spacial score (nSPS) is 18.0. The number of rotatable bonds is 7. The molecule has 0 unspecified atom stereocenters. The molecule has 3 atom stereocenters. The number of carbonyl (C=O) groups is 2. The number of hydrogen-bond acceptors (Lipinski definition) is 5. The number of hydrogen-bond donors (Lipinski definition) is 2. The van der Waals surface area contributed by atoms with Gasteiger partial charge in [-0.3, -0.25) is 4.79 Å². The molecule has 3 rings (SSSR count). The first-order chi connectivity index (χ1) is 17.3. The first-order valence-corrected chi connectivity index (χ1v) is 12.4. The van der Waals surface area contributed by atoms with Gasteiger partial charge < -0.3 is 25.0 Å². The van der Waals surface area contributed by atoms with Gasteiger partial charge in [0.1, 0.15) is 11.7 Å². The second kappa shape index (κ2) is 12.9. The molecule has 0 saturated carbocycles. The molecule has 1 aliphatic heterocycles. The van der Waals surface area contributed by atoms with E-state index in [1.807, 2.05) is 51.1 Å². The number of aliphatic hydroxyl groups is 1. The van der Waals surface area contributed by atoms with E-state index in [4.69, 9.17) is 4.74 Å². The smallest absolute Gasteiger partial charge is 0.317 e. The summed E-state index contributed by atoms with van der Waals surface area (Å²) in [4.78, 5) is 33.6. The summed E-state index contributed by atoms with van der Waals surface area (Å²) in [5.74, 6) is 6.08. The lowest BCUT2D eigenvalue weighted by Crippen LogP contribution is -2.51. The fourth-order valence-electron chi connectivity index (χ4n) is 3.95. The van der Waals surface area contributed by atoms with Gasteiger partial charge in [0.2, 0.25) is 5.88 Å². The maximum Gasteiger partial charge on any atom is 0.317 e. The van der Waals surface area contributed by atoms with Crippen LogP contribution in [0.3, 0.4) is 0 Å². The van der Waals surface area contributed by atoms with Crippen LogP contribution < -0.4 is 10.1 Å². The van der Waals surface area contributed by atoms with Crippen molar-refractivity contribution in [2.75, 3.05) is 33.3 Å². The maximum atomic E-state index is 13.5. The van der Waals surface area contributed by atoms with Crippen LogP contribution in [0.15, 0.2) is 42.6 Å². The van der Waals surface area contributed by atoms with Crippen LogP contribution in [0.1, 0.15) is 48.7 Å². The summed E-state index contributed by atoms with van der Waals surface area (Å²) in [6.45, 7) is 6.91. The van der Waals surface area contributed by atoms with Gasteiger partial charge in [0, 0.05) is 44.2 Å². The molecule has 36 heavy (non-hydrogen) atoms. The van der Waals surface area contributed by atoms with Crippen LogP contribution in [0.4, 0.5) is 4.79 Å². The SMILES string of the molecule is CCCNC(=O)N(C)C[C@@H]1Oc2ncc(C#CCc3ccccc3)cc2C(=O)N([C@H](C)CO)C[C@H]1C. The first-order valence-electron chi connectivity index (χ1n) is 12.4. The number of aliphatic hydroxyl groups excluding tert-OH is 1. The highest BCUT2D eigenvalue weighted by Crippen LogP contribution is 2.27. The van der Waals surface area contributed by atoms with Gasteiger partial charge in [0.15, 0.2) is 0 Å². The van der Waals surface area contributed by atoms with E-state index in [1.54, 1.807) is 29.1 Å². The van der Waals surface area contributed by atoms with Gasteiger partial charge in [-0.05, 0) is 25.0 Å². The molecular formula is C28H36N4O4. The number of nitrogens with zero attached hydrogens (tertiary/aromatic N) is 3. The van der Waals surface area contributed by atoms with Gasteiger partial charge in [-0.25, -0.2) is 9.78 Å². The van der Waals surface area contributed by atoms with Crippen LogP contribution in [0.2, 0.25) is 0 Å². The molecule has 0 aliphatic carbocycles. The number of fused-ring (bicyclic) bond motifs is 1.